The molecular formula is C86H49BrCl4F15N2O2PPd. The van der Waals surface area contributed by atoms with Crippen LogP contribution in [-0.4, -0.2) is 0 Å². The van der Waals surface area contributed by atoms with Crippen LogP contribution < -0.4 is 15.9 Å². The van der Waals surface area contributed by atoms with E-state index < -0.39 is 82.5 Å². The number of aryl methyl sites for hydroxylation is 1. The zero-order valence-corrected chi connectivity index (χ0v) is 64.2. The number of hydrogen-bond donors (Lipinski definition) is 0. The van der Waals surface area contributed by atoms with Crippen LogP contribution in [-0.2, 0) is 46.8 Å². The molecular weight excluding hydrogens is 1740 g/mol. The summed E-state index contributed by atoms with van der Waals surface area (Å²) in [6.07, 6.45) is -27.0. The summed E-state index contributed by atoms with van der Waals surface area (Å²) in [5.41, 5.74) is -0.291. The van der Waals surface area contributed by atoms with Crippen LogP contribution in [0.5, 0.6) is 0 Å². The Morgan fingerprint density at radius 1 is 0.330 bits per heavy atom. The minimum atomic E-state index is -5.47. The summed E-state index contributed by atoms with van der Waals surface area (Å²) in [6.45, 7) is 1.05. The van der Waals surface area contributed by atoms with E-state index in [1.54, 1.807) is 24.3 Å². The SMILES string of the molecule is Cc1cc(P(c2cc(C(F)(F)F)cc(C(F)(F)F)c2)c2cc(C(F)(F)F)cc(C(F)(F)F)c2)cc(C(F)(F)F)c1.Clc1cccc2c1oc1ccc3c4ccccc4c4ccccc4c3c12.Clc1cccc2c1oc1cccc(-c3ccccc3-c3ccccc3Br)c12.N#Cc1ccccc1.N#Cc1ccccc1.[Cl][Pd][Cl]. The summed E-state index contributed by atoms with van der Waals surface area (Å²) in [5, 5.41) is 26.8. The molecule has 0 aliphatic heterocycles. The Bertz CT molecular complexity index is 5980. The molecule has 16 aromatic rings. The van der Waals surface area contributed by atoms with Gasteiger partial charge in [-0.2, -0.15) is 76.4 Å². The Kier molecular flexibility index (Phi) is 26.0. The Labute approximate surface area is 664 Å². The Morgan fingerprint density at radius 2 is 0.652 bits per heavy atom. The monoisotopic (exact) mass is 1780 g/mol. The number of fused-ring (bicyclic) bond motifs is 13. The molecule has 16 rings (SSSR count). The Morgan fingerprint density at radius 3 is 1.07 bits per heavy atom. The molecule has 0 atom stereocenters. The van der Waals surface area contributed by atoms with E-state index >= 15 is 0 Å². The van der Waals surface area contributed by atoms with E-state index in [2.05, 4.69) is 137 Å². The molecule has 570 valence electrons. The third kappa shape index (κ3) is 19.1. The van der Waals surface area contributed by atoms with E-state index in [1.807, 2.05) is 91.0 Å². The summed E-state index contributed by atoms with van der Waals surface area (Å²) in [6, 6.07) is 79.8. The number of benzene rings is 14. The van der Waals surface area contributed by atoms with Crippen molar-refractivity contribution in [2.45, 2.75) is 37.8 Å². The van der Waals surface area contributed by atoms with Crippen molar-refractivity contribution in [1.82, 2.24) is 0 Å². The first-order valence-corrected chi connectivity index (χ1v) is 39.7. The van der Waals surface area contributed by atoms with Crippen molar-refractivity contribution < 1.29 is 90.6 Å². The third-order valence-electron chi connectivity index (χ3n) is 17.3. The predicted molar refractivity (Wildman–Crippen MR) is 417 cm³/mol. The third-order valence-corrected chi connectivity index (χ3v) is 20.9. The first-order valence-electron chi connectivity index (χ1n) is 32.8. The second-order valence-electron chi connectivity index (χ2n) is 24.5. The van der Waals surface area contributed by atoms with Crippen LogP contribution in [0.3, 0.4) is 0 Å². The second kappa shape index (κ2) is 35.0. The second-order valence-corrected chi connectivity index (χ2v) is 30.8. The molecule has 112 heavy (non-hydrogen) atoms. The number of furan rings is 2. The molecule has 0 spiro atoms. The van der Waals surface area contributed by atoms with Crippen LogP contribution in [0, 0.1) is 29.6 Å². The summed E-state index contributed by atoms with van der Waals surface area (Å²) >= 11 is 16.4. The van der Waals surface area contributed by atoms with Crippen LogP contribution >= 0.6 is 66.1 Å². The van der Waals surface area contributed by atoms with Crippen molar-refractivity contribution in [1.29, 1.82) is 10.5 Å². The quantitative estimate of drug-likeness (QED) is 0.0745. The fraction of sp³-hybridized carbons (Fsp3) is 0.0698. The zero-order chi connectivity index (χ0) is 80.6. The van der Waals surface area contributed by atoms with Crippen molar-refractivity contribution in [3.05, 3.63) is 338 Å². The molecule has 0 N–H and O–H groups in total. The van der Waals surface area contributed by atoms with E-state index in [-0.39, 0.29) is 64.0 Å². The van der Waals surface area contributed by atoms with Crippen molar-refractivity contribution in [2.75, 3.05) is 0 Å². The number of alkyl halides is 15. The minimum absolute atomic E-state index is 0.0596. The van der Waals surface area contributed by atoms with E-state index in [9.17, 15) is 65.9 Å². The zero-order valence-electron chi connectivity index (χ0n) is 57.1. The molecule has 0 aliphatic carbocycles. The van der Waals surface area contributed by atoms with Gasteiger partial charge in [-0.1, -0.05) is 209 Å². The van der Waals surface area contributed by atoms with Crippen molar-refractivity contribution in [3.8, 4) is 34.4 Å². The maximum absolute atomic E-state index is 13.5. The molecule has 0 saturated heterocycles. The average molecular weight is 1790 g/mol. The van der Waals surface area contributed by atoms with E-state index in [0.717, 1.165) is 78.0 Å². The van der Waals surface area contributed by atoms with Crippen LogP contribution in [0.2, 0.25) is 10.0 Å². The van der Waals surface area contributed by atoms with Crippen LogP contribution in [0.1, 0.15) is 44.5 Å². The number of halogens is 20. The number of para-hydroxylation sites is 2. The average Bonchev–Trinajstić information content (AvgIpc) is 1.44. The van der Waals surface area contributed by atoms with Gasteiger partial charge in [0.1, 0.15) is 11.2 Å². The molecule has 2 heterocycles. The fourth-order valence-corrected chi connectivity index (χ4v) is 16.1. The van der Waals surface area contributed by atoms with Crippen LogP contribution in [0.15, 0.2) is 292 Å². The van der Waals surface area contributed by atoms with E-state index in [0.29, 0.717) is 27.2 Å². The number of nitriles is 2. The topological polar surface area (TPSA) is 73.9 Å². The maximum atomic E-state index is 13.5. The normalized spacial score (nSPS) is 11.8. The van der Waals surface area contributed by atoms with Crippen molar-refractivity contribution >= 4 is 158 Å². The van der Waals surface area contributed by atoms with Gasteiger partial charge in [-0.05, 0) is 195 Å². The van der Waals surface area contributed by atoms with Gasteiger partial charge in [-0.25, -0.2) is 0 Å². The summed E-state index contributed by atoms with van der Waals surface area (Å²) in [7, 11) is 6.35. The molecule has 2 aromatic heterocycles. The molecule has 0 unspecified atom stereocenters. The molecule has 0 radical (unpaired) electrons. The Hall–Kier alpha value is -9.88. The van der Waals surface area contributed by atoms with Crippen LogP contribution in [0.25, 0.3) is 98.4 Å². The van der Waals surface area contributed by atoms with Gasteiger partial charge in [-0.3, -0.25) is 0 Å². The predicted octanol–water partition coefficient (Wildman–Crippen LogP) is 29.4. The number of nitrogens with zero attached hydrogens (tertiary/aromatic N) is 2. The van der Waals surface area contributed by atoms with Gasteiger partial charge in [0.15, 0.2) is 11.2 Å². The summed E-state index contributed by atoms with van der Waals surface area (Å²) in [4.78, 5) is 0. The van der Waals surface area contributed by atoms with Gasteiger partial charge in [0.25, 0.3) is 0 Å². The molecule has 0 saturated carbocycles. The molecule has 0 bridgehead atoms. The molecule has 0 aliphatic rings. The molecule has 0 amide bonds. The van der Waals surface area contributed by atoms with E-state index in [4.69, 9.17) is 61.6 Å². The molecule has 4 nitrogen and oxygen atoms in total. The van der Waals surface area contributed by atoms with Crippen LogP contribution in [0.4, 0.5) is 65.9 Å². The molecule has 26 heteroatoms. The van der Waals surface area contributed by atoms with Gasteiger partial charge >= 0.3 is 65.9 Å². The van der Waals surface area contributed by atoms with Gasteiger partial charge in [0.2, 0.25) is 0 Å². The van der Waals surface area contributed by atoms with Gasteiger partial charge in [-0.15, -0.1) is 0 Å². The van der Waals surface area contributed by atoms with E-state index in [1.165, 1.54) is 37.9 Å². The van der Waals surface area contributed by atoms with Crippen molar-refractivity contribution in [3.63, 3.8) is 0 Å². The Balaban J connectivity index is 0.000000151. The number of hydrogen-bond acceptors (Lipinski definition) is 4. The summed E-state index contributed by atoms with van der Waals surface area (Å²) < 4.78 is 216. The fourth-order valence-electron chi connectivity index (χ4n) is 12.6. The van der Waals surface area contributed by atoms with Gasteiger partial charge in [0, 0.05) is 31.4 Å². The van der Waals surface area contributed by atoms with Gasteiger partial charge < -0.3 is 8.83 Å². The first kappa shape index (κ1) is 83.1. The standard InChI is InChI=1S/C24H14BrClO.C24H13ClO.C24H12F15P.2C7H5N.2ClH.Pd/c25-20-12-4-3-9-17(20)15-7-1-2-8-16(15)18-10-6-14-22-23(18)19-11-5-13-21(26)24(19)27-22;25-20-11-5-10-19-23-21(26-24(19)20)13-12-18-16-8-2-1-6-14(16)15-7-3-4-9-17(15)22(18)23;1-11-2-12(20(25,26)27)6-17(3-11)40(18-7-13(21(28,29)30)4-14(8-18)22(31,32)33)19-9-15(23(34,35)36)5-16(10-19)24(37,38)39;2*8-6-7-4-2-1-3-5-7;;;/h1-14H;1-13H;2-10H,1H3;2*1-5H;2*1H;/q;;;;;;;+2/p-2. The first-order chi connectivity index (χ1) is 53.2. The molecule has 0 fully saturated rings. The molecule has 14 aromatic carbocycles. The number of rotatable bonds is 5. The van der Waals surface area contributed by atoms with Crippen molar-refractivity contribution in [2.24, 2.45) is 0 Å². The summed E-state index contributed by atoms with van der Waals surface area (Å²) in [5.74, 6) is 0. The van der Waals surface area contributed by atoms with Gasteiger partial charge in [0.05, 0.1) is 61.1 Å².